The van der Waals surface area contributed by atoms with Crippen molar-refractivity contribution < 1.29 is 22.7 Å². The molecule has 0 saturated carbocycles. The van der Waals surface area contributed by atoms with Crippen LogP contribution in [0.3, 0.4) is 0 Å². The largest absolute Gasteiger partial charge is 0.491 e. The molecule has 0 unspecified atom stereocenters. The summed E-state index contributed by atoms with van der Waals surface area (Å²) in [7, 11) is -3.61. The van der Waals surface area contributed by atoms with Gasteiger partial charge >= 0.3 is 0 Å². The number of nitrogens with zero attached hydrogens (tertiary/aromatic N) is 1. The van der Waals surface area contributed by atoms with Crippen molar-refractivity contribution in [2.24, 2.45) is 0 Å². The number of carbonyl (C=O) groups excluding carboxylic acids is 1. The predicted molar refractivity (Wildman–Crippen MR) is 123 cm³/mol. The standard InChI is InChI=1S/C23H30N2O5S/c1-15(2)29-18-9-7-8-17(13-18)24-22(26)21-14-25(31(6,27)28)19-12-16(23(3,4)5)10-11-20(19)30-21/h7-13,15,21H,14H2,1-6H3,(H,24,26)/t21-/m1/s1. The maximum absolute atomic E-state index is 12.9. The van der Waals surface area contributed by atoms with Gasteiger partial charge in [-0.05, 0) is 49.1 Å². The van der Waals surface area contributed by atoms with Crippen LogP contribution in [0.4, 0.5) is 11.4 Å². The number of benzene rings is 2. The Morgan fingerprint density at radius 3 is 2.52 bits per heavy atom. The van der Waals surface area contributed by atoms with E-state index in [9.17, 15) is 13.2 Å². The molecule has 7 nitrogen and oxygen atoms in total. The van der Waals surface area contributed by atoms with Crippen molar-refractivity contribution in [1.82, 2.24) is 0 Å². The Labute approximate surface area is 184 Å². The lowest BCUT2D eigenvalue weighted by Gasteiger charge is -2.35. The van der Waals surface area contributed by atoms with E-state index >= 15 is 0 Å². The Balaban J connectivity index is 1.87. The molecular weight excluding hydrogens is 416 g/mol. The van der Waals surface area contributed by atoms with E-state index in [-0.39, 0.29) is 18.1 Å². The first kappa shape index (κ1) is 22.9. The highest BCUT2D eigenvalue weighted by Gasteiger charge is 2.36. The second-order valence-electron chi connectivity index (χ2n) is 9.02. The number of ether oxygens (including phenoxy) is 2. The zero-order valence-corrected chi connectivity index (χ0v) is 19.6. The van der Waals surface area contributed by atoms with Crippen LogP contribution in [0.15, 0.2) is 42.5 Å². The molecule has 8 heteroatoms. The topological polar surface area (TPSA) is 84.9 Å². The molecule has 0 radical (unpaired) electrons. The van der Waals surface area contributed by atoms with Gasteiger partial charge in [-0.1, -0.05) is 32.9 Å². The summed E-state index contributed by atoms with van der Waals surface area (Å²) in [6.07, 6.45) is 0.149. The molecule has 0 spiro atoms. The first-order valence-electron chi connectivity index (χ1n) is 10.2. The molecule has 1 N–H and O–H groups in total. The number of nitrogens with one attached hydrogen (secondary N) is 1. The molecule has 168 valence electrons. The van der Waals surface area contributed by atoms with Gasteiger partial charge < -0.3 is 14.8 Å². The van der Waals surface area contributed by atoms with Crippen LogP contribution in [0.5, 0.6) is 11.5 Å². The fraction of sp³-hybridized carbons (Fsp3) is 0.435. The van der Waals surface area contributed by atoms with Gasteiger partial charge in [0.2, 0.25) is 10.0 Å². The first-order chi connectivity index (χ1) is 14.3. The van der Waals surface area contributed by atoms with Crippen molar-refractivity contribution in [2.75, 3.05) is 22.4 Å². The number of anilines is 2. The van der Waals surface area contributed by atoms with E-state index in [4.69, 9.17) is 9.47 Å². The van der Waals surface area contributed by atoms with E-state index in [1.54, 1.807) is 30.3 Å². The molecule has 2 aromatic rings. The number of carbonyl (C=O) groups is 1. The van der Waals surface area contributed by atoms with Crippen LogP contribution in [0.25, 0.3) is 0 Å². The minimum Gasteiger partial charge on any atom is -0.491 e. The minimum atomic E-state index is -3.61. The third kappa shape index (κ3) is 5.50. The molecule has 0 bridgehead atoms. The van der Waals surface area contributed by atoms with Gasteiger partial charge in [-0.3, -0.25) is 9.10 Å². The monoisotopic (exact) mass is 446 g/mol. The lowest BCUT2D eigenvalue weighted by Crippen LogP contribution is -2.48. The van der Waals surface area contributed by atoms with Gasteiger partial charge in [0.1, 0.15) is 11.5 Å². The molecule has 0 aliphatic carbocycles. The maximum Gasteiger partial charge on any atom is 0.267 e. The molecule has 1 atom stereocenters. The van der Waals surface area contributed by atoms with Crippen molar-refractivity contribution in [3.05, 3.63) is 48.0 Å². The van der Waals surface area contributed by atoms with Gasteiger partial charge in [-0.15, -0.1) is 0 Å². The van der Waals surface area contributed by atoms with Crippen LogP contribution >= 0.6 is 0 Å². The highest BCUT2D eigenvalue weighted by molar-refractivity contribution is 7.92. The van der Waals surface area contributed by atoms with E-state index in [0.717, 1.165) is 11.8 Å². The lowest BCUT2D eigenvalue weighted by molar-refractivity contribution is -0.122. The Morgan fingerprint density at radius 2 is 1.90 bits per heavy atom. The predicted octanol–water partition coefficient (Wildman–Crippen LogP) is 3.94. The smallest absolute Gasteiger partial charge is 0.267 e. The third-order valence-electron chi connectivity index (χ3n) is 4.86. The van der Waals surface area contributed by atoms with Crippen molar-refractivity contribution in [3.8, 4) is 11.5 Å². The summed E-state index contributed by atoms with van der Waals surface area (Å²) in [5.41, 5.74) is 1.82. The highest BCUT2D eigenvalue weighted by Crippen LogP contribution is 2.38. The lowest BCUT2D eigenvalue weighted by atomic mass is 9.86. The average Bonchev–Trinajstić information content (AvgIpc) is 2.64. The van der Waals surface area contributed by atoms with E-state index in [0.29, 0.717) is 22.9 Å². The van der Waals surface area contributed by atoms with Gasteiger partial charge in [0.15, 0.2) is 6.10 Å². The van der Waals surface area contributed by atoms with Crippen LogP contribution < -0.4 is 19.1 Å². The van der Waals surface area contributed by atoms with Crippen LogP contribution in [0, 0.1) is 0 Å². The summed E-state index contributed by atoms with van der Waals surface area (Å²) in [6.45, 7) is 9.89. The van der Waals surface area contributed by atoms with Crippen LogP contribution in [0.1, 0.15) is 40.2 Å². The number of hydrogen-bond donors (Lipinski definition) is 1. The minimum absolute atomic E-state index is 0.00504. The summed E-state index contributed by atoms with van der Waals surface area (Å²) in [4.78, 5) is 12.9. The molecule has 3 rings (SSSR count). The molecule has 1 heterocycles. The van der Waals surface area contributed by atoms with Crippen LogP contribution in [-0.4, -0.2) is 39.3 Å². The fourth-order valence-electron chi connectivity index (χ4n) is 3.31. The van der Waals surface area contributed by atoms with E-state index < -0.39 is 22.0 Å². The number of hydrogen-bond acceptors (Lipinski definition) is 5. The van der Waals surface area contributed by atoms with E-state index in [1.807, 2.05) is 26.0 Å². The van der Waals surface area contributed by atoms with E-state index in [1.165, 1.54) is 4.31 Å². The quantitative estimate of drug-likeness (QED) is 0.752. The van der Waals surface area contributed by atoms with Crippen molar-refractivity contribution >= 4 is 27.3 Å². The molecule has 0 aromatic heterocycles. The van der Waals surface area contributed by atoms with Crippen molar-refractivity contribution in [1.29, 1.82) is 0 Å². The highest BCUT2D eigenvalue weighted by atomic mass is 32.2. The molecule has 0 fully saturated rings. The number of fused-ring (bicyclic) bond motifs is 1. The molecule has 2 aromatic carbocycles. The summed E-state index contributed by atoms with van der Waals surface area (Å²) >= 11 is 0. The molecule has 0 saturated heterocycles. The third-order valence-corrected chi connectivity index (χ3v) is 6.01. The van der Waals surface area contributed by atoms with Crippen molar-refractivity contribution in [2.45, 2.75) is 52.2 Å². The second-order valence-corrected chi connectivity index (χ2v) is 10.9. The average molecular weight is 447 g/mol. The van der Waals surface area contributed by atoms with Crippen LogP contribution in [-0.2, 0) is 20.2 Å². The fourth-order valence-corrected chi connectivity index (χ4v) is 4.22. The Morgan fingerprint density at radius 1 is 1.19 bits per heavy atom. The Bertz CT molecular complexity index is 1070. The summed E-state index contributed by atoms with van der Waals surface area (Å²) in [5, 5.41) is 2.80. The zero-order chi connectivity index (χ0) is 23.0. The SMILES string of the molecule is CC(C)Oc1cccc(NC(=O)[C@H]2CN(S(C)(=O)=O)c3cc(C(C)(C)C)ccc3O2)c1. The maximum atomic E-state index is 12.9. The molecule has 1 amide bonds. The molecule has 1 aliphatic rings. The molecule has 31 heavy (non-hydrogen) atoms. The number of amides is 1. The summed E-state index contributed by atoms with van der Waals surface area (Å²) < 4.78 is 37.8. The van der Waals surface area contributed by atoms with Gasteiger partial charge in [0, 0.05) is 11.8 Å². The Kier molecular flexibility index (Phi) is 6.23. The Hall–Kier alpha value is -2.74. The molecular formula is C23H30N2O5S. The van der Waals surface area contributed by atoms with Crippen molar-refractivity contribution in [3.63, 3.8) is 0 Å². The van der Waals surface area contributed by atoms with Gasteiger partial charge in [-0.2, -0.15) is 0 Å². The number of rotatable bonds is 5. The first-order valence-corrected chi connectivity index (χ1v) is 12.1. The second kappa shape index (κ2) is 8.42. The number of sulfonamides is 1. The molecule has 1 aliphatic heterocycles. The normalized spacial score (nSPS) is 16.5. The van der Waals surface area contributed by atoms with E-state index in [2.05, 4.69) is 26.1 Å². The van der Waals surface area contributed by atoms with Gasteiger partial charge in [-0.25, -0.2) is 8.42 Å². The van der Waals surface area contributed by atoms with Gasteiger partial charge in [0.05, 0.1) is 24.6 Å². The summed E-state index contributed by atoms with van der Waals surface area (Å²) in [5.74, 6) is 0.567. The zero-order valence-electron chi connectivity index (χ0n) is 18.8. The van der Waals surface area contributed by atoms with Gasteiger partial charge in [0.25, 0.3) is 5.91 Å². The summed E-state index contributed by atoms with van der Waals surface area (Å²) in [6, 6.07) is 12.5. The van der Waals surface area contributed by atoms with Crippen LogP contribution in [0.2, 0.25) is 0 Å².